The van der Waals surface area contributed by atoms with Crippen LogP contribution in [0, 0.1) is 0 Å². The number of methoxy groups -OCH3 is 1. The Morgan fingerprint density at radius 3 is 2.86 bits per heavy atom. The average molecular weight is 255 g/mol. The first-order chi connectivity index (χ1) is 6.74. The first kappa shape index (κ1) is 9.27. The lowest BCUT2D eigenvalue weighted by atomic mass is 10.2. The van der Waals surface area contributed by atoms with E-state index < -0.39 is 0 Å². The summed E-state index contributed by atoms with van der Waals surface area (Å²) in [7, 11) is 1.58. The molecule has 0 aliphatic rings. The second-order valence-corrected chi connectivity index (χ2v) is 3.65. The molecule has 1 aromatic heterocycles. The fourth-order valence-electron chi connectivity index (χ4n) is 1.28. The quantitative estimate of drug-likeness (QED) is 0.774. The van der Waals surface area contributed by atoms with E-state index in [4.69, 9.17) is 9.15 Å². The highest BCUT2D eigenvalue weighted by atomic mass is 79.9. The highest BCUT2D eigenvalue weighted by molar-refractivity contribution is 9.10. The summed E-state index contributed by atoms with van der Waals surface area (Å²) in [6.07, 6.45) is 0.681. The second kappa shape index (κ2) is 3.46. The third kappa shape index (κ3) is 1.42. The van der Waals surface area contributed by atoms with Crippen molar-refractivity contribution in [3.05, 3.63) is 28.4 Å². The van der Waals surface area contributed by atoms with Gasteiger partial charge in [-0.25, -0.2) is 0 Å². The molecule has 0 spiro atoms. The summed E-state index contributed by atoms with van der Waals surface area (Å²) in [5, 5.41) is 0.875. The minimum absolute atomic E-state index is 0.320. The normalized spacial score (nSPS) is 10.4. The molecule has 72 valence electrons. The van der Waals surface area contributed by atoms with Crippen molar-refractivity contribution < 1.29 is 13.9 Å². The van der Waals surface area contributed by atoms with Gasteiger partial charge in [-0.15, -0.1) is 0 Å². The molecule has 0 saturated heterocycles. The first-order valence-electron chi connectivity index (χ1n) is 3.97. The molecule has 0 aliphatic heterocycles. The van der Waals surface area contributed by atoms with Gasteiger partial charge in [0.05, 0.1) is 11.6 Å². The number of benzene rings is 1. The lowest BCUT2D eigenvalue weighted by Gasteiger charge is -2.01. The van der Waals surface area contributed by atoms with Crippen LogP contribution >= 0.6 is 15.9 Å². The number of carbonyl (C=O) groups excluding carboxylic acids is 1. The number of furan rings is 1. The second-order valence-electron chi connectivity index (χ2n) is 2.79. The van der Waals surface area contributed by atoms with Crippen LogP contribution in [0.25, 0.3) is 11.0 Å². The number of hydrogen-bond donors (Lipinski definition) is 0. The smallest absolute Gasteiger partial charge is 0.185 e. The highest BCUT2D eigenvalue weighted by Crippen LogP contribution is 2.31. The van der Waals surface area contributed by atoms with Gasteiger partial charge < -0.3 is 9.15 Å². The number of fused-ring (bicyclic) bond motifs is 1. The molecule has 2 aromatic rings. The van der Waals surface area contributed by atoms with E-state index in [2.05, 4.69) is 15.9 Å². The summed E-state index contributed by atoms with van der Waals surface area (Å²) in [6, 6.07) is 5.28. The maximum atomic E-state index is 10.5. The summed E-state index contributed by atoms with van der Waals surface area (Å²) in [5.41, 5.74) is 0.646. The number of halogens is 1. The van der Waals surface area contributed by atoms with Crippen molar-refractivity contribution in [1.82, 2.24) is 0 Å². The van der Waals surface area contributed by atoms with Crippen molar-refractivity contribution in [2.24, 2.45) is 0 Å². The van der Waals surface area contributed by atoms with E-state index in [9.17, 15) is 4.79 Å². The van der Waals surface area contributed by atoms with Gasteiger partial charge in [-0.05, 0) is 28.1 Å². The van der Waals surface area contributed by atoms with Gasteiger partial charge in [0.2, 0.25) is 0 Å². The third-order valence-electron chi connectivity index (χ3n) is 1.93. The van der Waals surface area contributed by atoms with Gasteiger partial charge in [-0.1, -0.05) is 0 Å². The molecule has 1 heterocycles. The molecule has 2 rings (SSSR count). The first-order valence-corrected chi connectivity index (χ1v) is 4.76. The molecule has 0 aliphatic carbocycles. The maximum absolute atomic E-state index is 10.5. The Morgan fingerprint density at radius 1 is 1.43 bits per heavy atom. The maximum Gasteiger partial charge on any atom is 0.185 e. The number of rotatable bonds is 2. The summed E-state index contributed by atoms with van der Waals surface area (Å²) in [4.78, 5) is 10.5. The Kier molecular flexibility index (Phi) is 2.29. The topological polar surface area (TPSA) is 39.4 Å². The van der Waals surface area contributed by atoms with Crippen molar-refractivity contribution >= 4 is 33.2 Å². The van der Waals surface area contributed by atoms with Crippen LogP contribution in [0.15, 0.2) is 27.1 Å². The molecular weight excluding hydrogens is 248 g/mol. The predicted octanol–water partition coefficient (Wildman–Crippen LogP) is 3.02. The largest absolute Gasteiger partial charge is 0.495 e. The Hall–Kier alpha value is -1.29. The van der Waals surface area contributed by atoms with Crippen LogP contribution in [0.2, 0.25) is 0 Å². The molecule has 0 atom stereocenters. The number of hydrogen-bond acceptors (Lipinski definition) is 3. The molecule has 0 amide bonds. The van der Waals surface area contributed by atoms with Crippen LogP contribution in [0.4, 0.5) is 0 Å². The molecule has 0 saturated carbocycles. The average Bonchev–Trinajstić information content (AvgIpc) is 2.58. The fourth-order valence-corrected chi connectivity index (χ4v) is 1.80. The predicted molar refractivity (Wildman–Crippen MR) is 55.9 cm³/mol. The van der Waals surface area contributed by atoms with Crippen molar-refractivity contribution in [1.29, 1.82) is 0 Å². The van der Waals surface area contributed by atoms with Crippen LogP contribution in [0.1, 0.15) is 10.6 Å². The van der Waals surface area contributed by atoms with E-state index in [1.807, 2.05) is 6.07 Å². The lowest BCUT2D eigenvalue weighted by Crippen LogP contribution is -1.82. The number of ether oxygens (including phenoxy) is 1. The summed E-state index contributed by atoms with van der Waals surface area (Å²) < 4.78 is 11.2. The molecule has 0 fully saturated rings. The van der Waals surface area contributed by atoms with Gasteiger partial charge in [0.15, 0.2) is 12.0 Å². The minimum Gasteiger partial charge on any atom is -0.495 e. The van der Waals surface area contributed by atoms with Gasteiger partial charge in [0.1, 0.15) is 11.3 Å². The van der Waals surface area contributed by atoms with E-state index in [0.717, 1.165) is 9.86 Å². The monoisotopic (exact) mass is 254 g/mol. The molecule has 0 bridgehead atoms. The van der Waals surface area contributed by atoms with Gasteiger partial charge in [0, 0.05) is 11.5 Å². The molecule has 4 heteroatoms. The number of aldehydes is 1. The van der Waals surface area contributed by atoms with Gasteiger partial charge in [-0.2, -0.15) is 0 Å². The Labute approximate surface area is 88.8 Å². The van der Waals surface area contributed by atoms with E-state index >= 15 is 0 Å². The fraction of sp³-hybridized carbons (Fsp3) is 0.100. The molecule has 1 aromatic carbocycles. The molecule has 0 radical (unpaired) electrons. The Balaban J connectivity index is 2.69. The molecule has 3 nitrogen and oxygen atoms in total. The van der Waals surface area contributed by atoms with Gasteiger partial charge in [0.25, 0.3) is 0 Å². The van der Waals surface area contributed by atoms with Crippen molar-refractivity contribution in [2.45, 2.75) is 0 Å². The zero-order chi connectivity index (χ0) is 10.1. The summed E-state index contributed by atoms with van der Waals surface area (Å²) in [6.45, 7) is 0. The minimum atomic E-state index is 0.320. The highest BCUT2D eigenvalue weighted by Gasteiger charge is 2.07. The molecule has 0 unspecified atom stereocenters. The SMILES string of the molecule is COc1cc2oc(C=O)cc2cc1Br. The van der Waals surface area contributed by atoms with E-state index in [1.165, 1.54) is 0 Å². The summed E-state index contributed by atoms with van der Waals surface area (Å²) in [5.74, 6) is 1.00. The van der Waals surface area contributed by atoms with Gasteiger partial charge in [-0.3, -0.25) is 4.79 Å². The zero-order valence-electron chi connectivity index (χ0n) is 7.41. The van der Waals surface area contributed by atoms with Crippen LogP contribution < -0.4 is 4.74 Å². The van der Waals surface area contributed by atoms with Crippen LogP contribution in [-0.2, 0) is 0 Å². The Bertz CT molecular complexity index is 487. The van der Waals surface area contributed by atoms with E-state index in [0.29, 0.717) is 23.4 Å². The zero-order valence-corrected chi connectivity index (χ0v) is 9.00. The van der Waals surface area contributed by atoms with Crippen LogP contribution in [0.5, 0.6) is 5.75 Å². The van der Waals surface area contributed by atoms with Crippen LogP contribution in [0.3, 0.4) is 0 Å². The van der Waals surface area contributed by atoms with Crippen molar-refractivity contribution in [3.8, 4) is 5.75 Å². The molecule has 14 heavy (non-hydrogen) atoms. The standard InChI is InChI=1S/C10H7BrO3/c1-13-10-4-9-6(3-8(10)11)2-7(5-12)14-9/h2-5H,1H3. The van der Waals surface area contributed by atoms with Crippen molar-refractivity contribution in [2.75, 3.05) is 7.11 Å². The van der Waals surface area contributed by atoms with Crippen LogP contribution in [-0.4, -0.2) is 13.4 Å². The van der Waals surface area contributed by atoms with E-state index in [1.54, 1.807) is 19.2 Å². The lowest BCUT2D eigenvalue weighted by molar-refractivity contribution is 0.110. The van der Waals surface area contributed by atoms with Gasteiger partial charge >= 0.3 is 0 Å². The Morgan fingerprint density at radius 2 is 2.21 bits per heavy atom. The summed E-state index contributed by atoms with van der Waals surface area (Å²) >= 11 is 3.35. The third-order valence-corrected chi connectivity index (χ3v) is 2.55. The van der Waals surface area contributed by atoms with Crippen molar-refractivity contribution in [3.63, 3.8) is 0 Å². The molecule has 0 N–H and O–H groups in total. The number of carbonyl (C=O) groups is 1. The van der Waals surface area contributed by atoms with E-state index in [-0.39, 0.29) is 0 Å². The molecular formula is C10H7BrO3.